The van der Waals surface area contributed by atoms with Gasteiger partial charge in [0.05, 0.1) is 23.5 Å². The number of urea groups is 1. The zero-order valence-electron chi connectivity index (χ0n) is 19.9. The highest BCUT2D eigenvalue weighted by molar-refractivity contribution is 5.89. The maximum absolute atomic E-state index is 13.2. The molecule has 0 bridgehead atoms. The van der Waals surface area contributed by atoms with Crippen LogP contribution in [0.25, 0.3) is 22.6 Å². The summed E-state index contributed by atoms with van der Waals surface area (Å²) in [4.78, 5) is 24.7. The molecule has 7 nitrogen and oxygen atoms in total. The lowest BCUT2D eigenvalue weighted by molar-refractivity contribution is -0.604. The fourth-order valence-corrected chi connectivity index (χ4v) is 4.44. The molecule has 4 aromatic rings. The van der Waals surface area contributed by atoms with Crippen LogP contribution in [0, 0.1) is 12.1 Å². The van der Waals surface area contributed by atoms with Crippen molar-refractivity contribution in [2.75, 3.05) is 11.9 Å². The molecule has 0 saturated heterocycles. The fraction of sp³-hybridized carbons (Fsp3) is 0.214. The van der Waals surface area contributed by atoms with E-state index in [4.69, 9.17) is 9.97 Å². The highest BCUT2D eigenvalue weighted by Crippen LogP contribution is 2.32. The van der Waals surface area contributed by atoms with Crippen molar-refractivity contribution in [3.63, 3.8) is 0 Å². The van der Waals surface area contributed by atoms with Crippen molar-refractivity contribution in [1.29, 1.82) is 0 Å². The van der Waals surface area contributed by atoms with Crippen LogP contribution in [0.4, 0.5) is 10.5 Å². The van der Waals surface area contributed by atoms with Gasteiger partial charge in [0, 0.05) is 35.8 Å². The molecule has 0 fully saturated rings. The normalized spacial score (nSPS) is 12.8. The second-order valence-corrected chi connectivity index (χ2v) is 8.74. The second-order valence-electron chi connectivity index (χ2n) is 8.74. The van der Waals surface area contributed by atoms with Gasteiger partial charge < -0.3 is 15.4 Å². The largest absolute Gasteiger partial charge is 0.619 e. The topological polar surface area (TPSA) is 85.1 Å². The molecule has 0 saturated carbocycles. The van der Waals surface area contributed by atoms with Crippen LogP contribution in [0.1, 0.15) is 29.3 Å². The summed E-state index contributed by atoms with van der Waals surface area (Å²) in [5.41, 5.74) is 7.37. The van der Waals surface area contributed by atoms with Crippen molar-refractivity contribution in [1.82, 2.24) is 14.9 Å². The number of nitrogens with one attached hydrogen (secondary N) is 1. The van der Waals surface area contributed by atoms with Gasteiger partial charge in [-0.2, -0.15) is 4.73 Å². The molecule has 5 rings (SSSR count). The van der Waals surface area contributed by atoms with Gasteiger partial charge in [-0.15, -0.1) is 0 Å². The number of aryl methyl sites for hydroxylation is 2. The van der Waals surface area contributed by atoms with Crippen molar-refractivity contribution >= 4 is 11.7 Å². The molecule has 176 valence electrons. The quantitative estimate of drug-likeness (QED) is 0.343. The maximum atomic E-state index is 13.2. The predicted octanol–water partition coefficient (Wildman–Crippen LogP) is 4.91. The summed E-state index contributed by atoms with van der Waals surface area (Å²) in [6.07, 6.45) is 4.44. The standard InChI is InChI=1S/C28H27N5O2/c1-3-20-9-6-11-22(16-20)29-28(34)32-15-13-25-24(18-32)26(23-12-5-4-8-19(23)2)31-27(30-25)21-10-7-14-33(35)17-21/h4-12,14,16-17H,3,13,15,18H2,1-2H3,(H,29,34). The molecule has 0 unspecified atom stereocenters. The summed E-state index contributed by atoms with van der Waals surface area (Å²) in [7, 11) is 0. The lowest BCUT2D eigenvalue weighted by Crippen LogP contribution is -2.39. The van der Waals surface area contributed by atoms with Gasteiger partial charge in [-0.25, -0.2) is 14.8 Å². The van der Waals surface area contributed by atoms with Gasteiger partial charge in [-0.3, -0.25) is 0 Å². The average molecular weight is 466 g/mol. The number of carbonyl (C=O) groups is 1. The van der Waals surface area contributed by atoms with Crippen LogP contribution in [0.5, 0.6) is 0 Å². The number of fused-ring (bicyclic) bond motifs is 1. The van der Waals surface area contributed by atoms with E-state index in [0.29, 0.717) is 30.9 Å². The molecular weight excluding hydrogens is 438 g/mol. The van der Waals surface area contributed by atoms with Crippen LogP contribution in [-0.2, 0) is 19.4 Å². The number of aromatic nitrogens is 3. The van der Waals surface area contributed by atoms with Gasteiger partial charge in [0.1, 0.15) is 0 Å². The van der Waals surface area contributed by atoms with Crippen molar-refractivity contribution < 1.29 is 9.52 Å². The summed E-state index contributed by atoms with van der Waals surface area (Å²) >= 11 is 0. The minimum Gasteiger partial charge on any atom is -0.619 e. The summed E-state index contributed by atoms with van der Waals surface area (Å²) < 4.78 is 0.755. The molecule has 1 aliphatic heterocycles. The third kappa shape index (κ3) is 4.71. The minimum atomic E-state index is -0.140. The van der Waals surface area contributed by atoms with Crippen LogP contribution in [0.2, 0.25) is 0 Å². The lowest BCUT2D eigenvalue weighted by atomic mass is 9.96. The van der Waals surface area contributed by atoms with E-state index in [1.807, 2.05) is 55.5 Å². The van der Waals surface area contributed by atoms with E-state index >= 15 is 0 Å². The van der Waals surface area contributed by atoms with Crippen LogP contribution in [0.15, 0.2) is 73.1 Å². The highest BCUT2D eigenvalue weighted by Gasteiger charge is 2.27. The predicted molar refractivity (Wildman–Crippen MR) is 136 cm³/mol. The summed E-state index contributed by atoms with van der Waals surface area (Å²) in [5, 5.41) is 14.9. The number of carbonyl (C=O) groups excluding carboxylic acids is 1. The van der Waals surface area contributed by atoms with Crippen molar-refractivity contribution in [3.05, 3.63) is 101 Å². The van der Waals surface area contributed by atoms with Crippen LogP contribution < -0.4 is 10.0 Å². The Kier molecular flexibility index (Phi) is 6.14. The Labute approximate surface area is 204 Å². The van der Waals surface area contributed by atoms with Crippen LogP contribution >= 0.6 is 0 Å². The van der Waals surface area contributed by atoms with Gasteiger partial charge in [0.15, 0.2) is 18.2 Å². The number of benzene rings is 2. The maximum Gasteiger partial charge on any atom is 0.322 e. The lowest BCUT2D eigenvalue weighted by Gasteiger charge is -2.30. The minimum absolute atomic E-state index is 0.140. The molecule has 0 atom stereocenters. The first-order valence-corrected chi connectivity index (χ1v) is 11.8. The van der Waals surface area contributed by atoms with E-state index in [9.17, 15) is 10.0 Å². The molecule has 1 aliphatic rings. The van der Waals surface area contributed by atoms with Crippen molar-refractivity contribution in [2.24, 2.45) is 0 Å². The van der Waals surface area contributed by atoms with E-state index in [1.54, 1.807) is 11.0 Å². The number of amides is 2. The molecular formula is C28H27N5O2. The van der Waals surface area contributed by atoms with E-state index < -0.39 is 0 Å². The third-order valence-corrected chi connectivity index (χ3v) is 6.37. The first-order valence-electron chi connectivity index (χ1n) is 11.8. The van der Waals surface area contributed by atoms with Crippen LogP contribution in [0.3, 0.4) is 0 Å². The Morgan fingerprint density at radius 2 is 1.97 bits per heavy atom. The Morgan fingerprint density at radius 1 is 1.11 bits per heavy atom. The number of hydrogen-bond donors (Lipinski definition) is 1. The van der Waals surface area contributed by atoms with Gasteiger partial charge in [0.25, 0.3) is 0 Å². The average Bonchev–Trinajstić information content (AvgIpc) is 2.88. The van der Waals surface area contributed by atoms with Crippen molar-refractivity contribution in [3.8, 4) is 22.6 Å². The van der Waals surface area contributed by atoms with E-state index in [-0.39, 0.29) is 6.03 Å². The van der Waals surface area contributed by atoms with Gasteiger partial charge in [-0.1, -0.05) is 43.3 Å². The zero-order chi connectivity index (χ0) is 24.4. The SMILES string of the molecule is CCc1cccc(NC(=O)N2CCc3nc(-c4ccc[n+]([O-])c4)nc(-c4ccccc4C)c3C2)c1. The summed E-state index contributed by atoms with van der Waals surface area (Å²) in [6, 6.07) is 19.4. The number of nitrogens with zero attached hydrogens (tertiary/aromatic N) is 4. The molecule has 35 heavy (non-hydrogen) atoms. The van der Waals surface area contributed by atoms with E-state index in [1.165, 1.54) is 18.0 Å². The molecule has 7 heteroatoms. The zero-order valence-corrected chi connectivity index (χ0v) is 19.9. The highest BCUT2D eigenvalue weighted by atomic mass is 16.5. The first-order chi connectivity index (χ1) is 17.0. The number of anilines is 1. The van der Waals surface area contributed by atoms with Gasteiger partial charge in [0.2, 0.25) is 0 Å². The van der Waals surface area contributed by atoms with Gasteiger partial charge >= 0.3 is 6.03 Å². The van der Waals surface area contributed by atoms with Gasteiger partial charge in [-0.05, 0) is 42.7 Å². The molecule has 3 heterocycles. The molecule has 0 aliphatic carbocycles. The number of pyridine rings is 1. The molecule has 2 aromatic carbocycles. The number of rotatable bonds is 4. The molecule has 0 spiro atoms. The Morgan fingerprint density at radius 3 is 2.77 bits per heavy atom. The Balaban J connectivity index is 1.52. The first kappa shape index (κ1) is 22.5. The summed E-state index contributed by atoms with van der Waals surface area (Å²) in [6.45, 7) is 5.10. The smallest absolute Gasteiger partial charge is 0.322 e. The second kappa shape index (κ2) is 9.54. The summed E-state index contributed by atoms with van der Waals surface area (Å²) in [5.74, 6) is 0.515. The monoisotopic (exact) mass is 465 g/mol. The van der Waals surface area contributed by atoms with E-state index in [2.05, 4.69) is 18.3 Å². The van der Waals surface area contributed by atoms with Crippen molar-refractivity contribution in [2.45, 2.75) is 33.2 Å². The van der Waals surface area contributed by atoms with Crippen LogP contribution in [-0.4, -0.2) is 27.4 Å². The van der Waals surface area contributed by atoms with E-state index in [0.717, 1.165) is 44.9 Å². The molecule has 2 aromatic heterocycles. The number of hydrogen-bond acceptors (Lipinski definition) is 4. The third-order valence-electron chi connectivity index (χ3n) is 6.37. The Bertz CT molecular complexity index is 1400. The molecule has 1 N–H and O–H groups in total. The fourth-order valence-electron chi connectivity index (χ4n) is 4.44. The molecule has 2 amide bonds. The molecule has 0 radical (unpaired) electrons. The Hall–Kier alpha value is -4.26.